The molecule has 0 radical (unpaired) electrons. The molecule has 0 aliphatic heterocycles. The van der Waals surface area contributed by atoms with E-state index in [4.69, 9.17) is 13.8 Å². The van der Waals surface area contributed by atoms with Crippen molar-refractivity contribution in [3.63, 3.8) is 0 Å². The quantitative estimate of drug-likeness (QED) is 0.296. The highest BCUT2D eigenvalue weighted by molar-refractivity contribution is 7.48. The molecule has 0 fully saturated rings. The fourth-order valence-corrected chi connectivity index (χ4v) is 4.03. The lowest BCUT2D eigenvalue weighted by atomic mass is 9.96. The maximum absolute atomic E-state index is 12.9. The Morgan fingerprint density at radius 1 is 0.875 bits per heavy atom. The zero-order chi connectivity index (χ0) is 23.3. The lowest BCUT2D eigenvalue weighted by molar-refractivity contribution is -0.139. The normalized spacial score (nSPS) is 12.5. The van der Waals surface area contributed by atoms with Gasteiger partial charge in [-0.05, 0) is 60.9 Å². The largest absolute Gasteiger partial charge is 0.584 e. The van der Waals surface area contributed by atoms with Gasteiger partial charge < -0.3 is 13.8 Å². The molecule has 166 valence electrons. The molecule has 3 aromatic rings. The molecule has 0 amide bonds. The summed E-state index contributed by atoms with van der Waals surface area (Å²) in [5.74, 6) is -0.694. The second-order valence-electron chi connectivity index (χ2n) is 7.24. The molecule has 0 bridgehead atoms. The predicted octanol–water partition coefficient (Wildman–Crippen LogP) is 4.81. The summed E-state index contributed by atoms with van der Waals surface area (Å²) in [6.45, 7) is 3.68. The molecule has 0 aliphatic carbocycles. The van der Waals surface area contributed by atoms with Crippen LogP contribution in [-0.4, -0.2) is 23.8 Å². The Balaban J connectivity index is 1.89. The molecule has 0 aliphatic rings. The van der Waals surface area contributed by atoms with E-state index in [2.05, 4.69) is 0 Å². The van der Waals surface area contributed by atoms with Crippen molar-refractivity contribution < 1.29 is 32.8 Å². The number of phosphoric acid groups is 1. The van der Waals surface area contributed by atoms with Crippen molar-refractivity contribution in [3.8, 4) is 11.5 Å². The van der Waals surface area contributed by atoms with E-state index in [0.717, 1.165) is 11.1 Å². The van der Waals surface area contributed by atoms with Gasteiger partial charge in [0, 0.05) is 11.1 Å². The molecule has 7 nitrogen and oxygen atoms in total. The van der Waals surface area contributed by atoms with Crippen molar-refractivity contribution >= 4 is 19.6 Å². The minimum absolute atomic E-state index is 0.0243. The van der Waals surface area contributed by atoms with Gasteiger partial charge in [0.15, 0.2) is 5.78 Å². The molecule has 3 rings (SSSR count). The molecule has 32 heavy (non-hydrogen) atoms. The van der Waals surface area contributed by atoms with Crippen LogP contribution in [0.15, 0.2) is 66.7 Å². The minimum Gasteiger partial charge on any atom is -0.469 e. The van der Waals surface area contributed by atoms with E-state index < -0.39 is 13.8 Å². The number of carbonyl (C=O) groups is 2. The van der Waals surface area contributed by atoms with Crippen LogP contribution in [0.5, 0.6) is 11.5 Å². The summed E-state index contributed by atoms with van der Waals surface area (Å²) >= 11 is 0. The predicted molar refractivity (Wildman–Crippen MR) is 119 cm³/mol. The van der Waals surface area contributed by atoms with Crippen LogP contribution in [0.25, 0.3) is 0 Å². The molecular weight excluding hydrogens is 431 g/mol. The molecule has 0 spiro atoms. The lowest BCUT2D eigenvalue weighted by Gasteiger charge is -2.16. The summed E-state index contributed by atoms with van der Waals surface area (Å²) in [5.41, 5.74) is 2.73. The molecule has 1 atom stereocenters. The molecule has 0 heterocycles. The maximum atomic E-state index is 12.9. The fourth-order valence-electron chi connectivity index (χ4n) is 3.24. The monoisotopic (exact) mass is 454 g/mol. The first-order chi connectivity index (χ1) is 15.2. The maximum Gasteiger partial charge on any atom is 0.584 e. The van der Waals surface area contributed by atoms with E-state index in [9.17, 15) is 19.0 Å². The molecule has 0 saturated carbocycles. The van der Waals surface area contributed by atoms with Crippen LogP contribution in [0, 0.1) is 13.8 Å². The Hall–Kier alpha value is -3.41. The van der Waals surface area contributed by atoms with Crippen LogP contribution < -0.4 is 9.05 Å². The van der Waals surface area contributed by atoms with Gasteiger partial charge in [0.2, 0.25) is 0 Å². The summed E-state index contributed by atoms with van der Waals surface area (Å²) < 4.78 is 27.7. The number of methoxy groups -OCH3 is 1. The van der Waals surface area contributed by atoms with E-state index in [0.29, 0.717) is 11.1 Å². The lowest BCUT2D eigenvalue weighted by Crippen LogP contribution is -2.11. The number of phosphoric ester groups is 1. The Morgan fingerprint density at radius 3 is 2.12 bits per heavy atom. The Kier molecular flexibility index (Phi) is 7.13. The third-order valence-electron chi connectivity index (χ3n) is 4.56. The SMILES string of the molecule is COC(=O)Cc1cc(OP(=O)(O)Oc2cc(C)cc(C)c2)ccc1C(=O)c1ccccc1. The molecule has 1 unspecified atom stereocenters. The van der Waals surface area contributed by atoms with Gasteiger partial charge in [-0.1, -0.05) is 36.4 Å². The van der Waals surface area contributed by atoms with E-state index in [1.807, 2.05) is 19.9 Å². The average molecular weight is 454 g/mol. The van der Waals surface area contributed by atoms with Crippen molar-refractivity contribution in [1.82, 2.24) is 0 Å². The highest BCUT2D eigenvalue weighted by Crippen LogP contribution is 2.45. The zero-order valence-corrected chi connectivity index (χ0v) is 18.8. The highest BCUT2D eigenvalue weighted by atomic mass is 31.2. The summed E-state index contributed by atoms with van der Waals surface area (Å²) in [4.78, 5) is 35.0. The number of esters is 1. The smallest absolute Gasteiger partial charge is 0.469 e. The van der Waals surface area contributed by atoms with Crippen LogP contribution in [0.4, 0.5) is 0 Å². The third kappa shape index (κ3) is 6.06. The average Bonchev–Trinajstić information content (AvgIpc) is 2.72. The Labute approximate surface area is 186 Å². The highest BCUT2D eigenvalue weighted by Gasteiger charge is 2.26. The van der Waals surface area contributed by atoms with E-state index in [-0.39, 0.29) is 29.3 Å². The number of hydrogen-bond acceptors (Lipinski definition) is 6. The summed E-state index contributed by atoms with van der Waals surface area (Å²) in [6, 6.07) is 17.9. The van der Waals surface area contributed by atoms with Crippen LogP contribution in [0.2, 0.25) is 0 Å². The van der Waals surface area contributed by atoms with Gasteiger partial charge in [0.25, 0.3) is 0 Å². The summed E-state index contributed by atoms with van der Waals surface area (Å²) in [7, 11) is -3.30. The summed E-state index contributed by atoms with van der Waals surface area (Å²) in [6.07, 6.45) is -0.213. The van der Waals surface area contributed by atoms with Crippen molar-refractivity contribution in [2.24, 2.45) is 0 Å². The fraction of sp³-hybridized carbons (Fsp3) is 0.167. The second-order valence-corrected chi connectivity index (χ2v) is 8.54. The van der Waals surface area contributed by atoms with Crippen molar-refractivity contribution in [2.45, 2.75) is 20.3 Å². The molecule has 8 heteroatoms. The molecule has 3 aromatic carbocycles. The van der Waals surface area contributed by atoms with Gasteiger partial charge in [0.1, 0.15) is 11.5 Å². The number of carbonyl (C=O) groups excluding carboxylic acids is 2. The molecule has 0 saturated heterocycles. The molecule has 1 N–H and O–H groups in total. The number of ether oxygens (including phenoxy) is 1. The van der Waals surface area contributed by atoms with E-state index in [1.165, 1.54) is 25.3 Å². The van der Waals surface area contributed by atoms with Crippen molar-refractivity contribution in [1.29, 1.82) is 0 Å². The first-order valence-electron chi connectivity index (χ1n) is 9.76. The van der Waals surface area contributed by atoms with E-state index >= 15 is 0 Å². The van der Waals surface area contributed by atoms with Crippen LogP contribution in [0.3, 0.4) is 0 Å². The number of rotatable bonds is 8. The van der Waals surface area contributed by atoms with Gasteiger partial charge in [-0.25, -0.2) is 4.57 Å². The Bertz CT molecular complexity index is 1170. The van der Waals surface area contributed by atoms with Gasteiger partial charge in [-0.3, -0.25) is 14.5 Å². The van der Waals surface area contributed by atoms with Crippen molar-refractivity contribution in [3.05, 3.63) is 94.5 Å². The summed E-state index contributed by atoms with van der Waals surface area (Å²) in [5, 5.41) is 0. The number of ketones is 1. The van der Waals surface area contributed by atoms with Crippen LogP contribution >= 0.6 is 7.82 Å². The van der Waals surface area contributed by atoms with Gasteiger partial charge in [-0.15, -0.1) is 0 Å². The standard InChI is InChI=1S/C24H23O7P/c1-16-11-17(2)13-21(12-16)31-32(27,28)30-20-9-10-22(19(14-20)15-23(25)29-3)24(26)18-7-5-4-6-8-18/h4-14H,15H2,1-3H3,(H,27,28). The third-order valence-corrected chi connectivity index (χ3v) is 5.44. The molecule has 0 aromatic heterocycles. The second kappa shape index (κ2) is 9.81. The Morgan fingerprint density at radius 2 is 1.50 bits per heavy atom. The van der Waals surface area contributed by atoms with Gasteiger partial charge in [0.05, 0.1) is 13.5 Å². The van der Waals surface area contributed by atoms with Crippen LogP contribution in [-0.2, 0) is 20.5 Å². The number of benzene rings is 3. The number of hydrogen-bond donors (Lipinski definition) is 1. The van der Waals surface area contributed by atoms with Crippen molar-refractivity contribution in [2.75, 3.05) is 7.11 Å². The zero-order valence-electron chi connectivity index (χ0n) is 17.9. The first-order valence-corrected chi connectivity index (χ1v) is 11.3. The van der Waals surface area contributed by atoms with Gasteiger partial charge in [-0.2, -0.15) is 0 Å². The first kappa shape index (κ1) is 23.3. The van der Waals surface area contributed by atoms with E-state index in [1.54, 1.807) is 42.5 Å². The molecular formula is C24H23O7P. The van der Waals surface area contributed by atoms with Gasteiger partial charge >= 0.3 is 13.8 Å². The minimum atomic E-state index is -4.53. The topological polar surface area (TPSA) is 99.1 Å². The van der Waals surface area contributed by atoms with Crippen LogP contribution in [0.1, 0.15) is 32.6 Å². The number of aryl methyl sites for hydroxylation is 2.